The van der Waals surface area contributed by atoms with Crippen LogP contribution in [0.1, 0.15) is 40.6 Å². The van der Waals surface area contributed by atoms with Crippen LogP contribution in [0.25, 0.3) is 6.08 Å². The lowest BCUT2D eigenvalue weighted by molar-refractivity contribution is -0.165. The summed E-state index contributed by atoms with van der Waals surface area (Å²) in [6.07, 6.45) is -2.42. The number of alkyl halides is 3. The minimum Gasteiger partial charge on any atom is -0.506 e. The van der Waals surface area contributed by atoms with E-state index in [-0.39, 0.29) is 27.9 Å². The Hall–Kier alpha value is -2.68. The van der Waals surface area contributed by atoms with Gasteiger partial charge in [-0.05, 0) is 41.1 Å². The van der Waals surface area contributed by atoms with Crippen LogP contribution >= 0.6 is 11.3 Å². The number of aromatic nitrogens is 1. The van der Waals surface area contributed by atoms with Crippen LogP contribution in [-0.2, 0) is 4.79 Å². The third-order valence-corrected chi connectivity index (χ3v) is 4.32. The number of allylic oxidation sites excluding steroid dienone is 1. The van der Waals surface area contributed by atoms with Crippen molar-refractivity contribution in [2.45, 2.75) is 25.9 Å². The Labute approximate surface area is 151 Å². The molecule has 0 bridgehead atoms. The Kier molecular flexibility index (Phi) is 5.81. The van der Waals surface area contributed by atoms with Crippen molar-refractivity contribution < 1.29 is 27.9 Å². The topological polar surface area (TPSA) is 79.3 Å². The van der Waals surface area contributed by atoms with E-state index in [0.29, 0.717) is 11.6 Å². The zero-order valence-electron chi connectivity index (χ0n) is 13.8. The number of carbonyl (C=O) groups excluding carboxylic acids is 2. The summed E-state index contributed by atoms with van der Waals surface area (Å²) in [6.45, 7) is 3.68. The fourth-order valence-electron chi connectivity index (χ4n) is 2.06. The number of nitrogens with one attached hydrogen (secondary N) is 1. The van der Waals surface area contributed by atoms with E-state index in [1.165, 1.54) is 12.1 Å². The number of carbonyl (C=O) groups is 2. The molecule has 2 rings (SSSR count). The van der Waals surface area contributed by atoms with Gasteiger partial charge in [0.05, 0.1) is 11.8 Å². The quantitative estimate of drug-likeness (QED) is 0.751. The first-order valence-electron chi connectivity index (χ1n) is 7.46. The van der Waals surface area contributed by atoms with E-state index in [0.717, 1.165) is 23.6 Å². The number of hydrogen-bond donors (Lipinski definition) is 2. The second kappa shape index (κ2) is 7.69. The van der Waals surface area contributed by atoms with Gasteiger partial charge in [-0.25, -0.2) is 4.98 Å². The molecule has 0 radical (unpaired) electrons. The van der Waals surface area contributed by atoms with Crippen LogP contribution in [0.2, 0.25) is 0 Å². The van der Waals surface area contributed by atoms with Gasteiger partial charge < -0.3 is 10.4 Å². The average molecular weight is 384 g/mol. The van der Waals surface area contributed by atoms with E-state index in [4.69, 9.17) is 0 Å². The molecule has 2 aromatic heterocycles. The summed E-state index contributed by atoms with van der Waals surface area (Å²) >= 11 is 1.07. The molecule has 0 aliphatic rings. The molecule has 0 atom stereocenters. The number of pyridine rings is 1. The summed E-state index contributed by atoms with van der Waals surface area (Å²) in [5.74, 6) is -2.51. The van der Waals surface area contributed by atoms with Crippen LogP contribution < -0.4 is 5.32 Å². The van der Waals surface area contributed by atoms with Gasteiger partial charge in [0, 0.05) is 4.88 Å². The molecule has 2 aromatic rings. The molecule has 0 fully saturated rings. The van der Waals surface area contributed by atoms with E-state index in [1.54, 1.807) is 5.38 Å². The fraction of sp³-hybridized carbons (Fsp3) is 0.235. The first kappa shape index (κ1) is 19.6. The fourth-order valence-corrected chi connectivity index (χ4v) is 3.18. The number of ketones is 1. The lowest BCUT2D eigenvalue weighted by Crippen LogP contribution is -2.20. The maximum absolute atomic E-state index is 12.6. The van der Waals surface area contributed by atoms with E-state index in [9.17, 15) is 27.9 Å². The molecule has 0 saturated heterocycles. The van der Waals surface area contributed by atoms with Crippen molar-refractivity contribution in [3.8, 4) is 5.75 Å². The molecule has 0 aliphatic carbocycles. The van der Waals surface area contributed by atoms with Crippen LogP contribution in [0, 0.1) is 0 Å². The highest BCUT2D eigenvalue weighted by atomic mass is 32.1. The van der Waals surface area contributed by atoms with Gasteiger partial charge in [0.2, 0.25) is 0 Å². The summed E-state index contributed by atoms with van der Waals surface area (Å²) in [6, 6.07) is 2.72. The number of rotatable bonds is 5. The van der Waals surface area contributed by atoms with E-state index >= 15 is 0 Å². The first-order valence-corrected chi connectivity index (χ1v) is 8.34. The zero-order valence-corrected chi connectivity index (χ0v) is 14.6. The van der Waals surface area contributed by atoms with Gasteiger partial charge in [-0.2, -0.15) is 13.2 Å². The molecular formula is C17H15F3N2O3S. The Morgan fingerprint density at radius 2 is 2.00 bits per heavy atom. The van der Waals surface area contributed by atoms with E-state index in [2.05, 4.69) is 10.3 Å². The normalized spacial score (nSPS) is 11.9. The molecule has 5 nitrogen and oxygen atoms in total. The number of amides is 1. The molecular weight excluding hydrogens is 369 g/mol. The van der Waals surface area contributed by atoms with Crippen molar-refractivity contribution in [3.05, 3.63) is 45.8 Å². The summed E-state index contributed by atoms with van der Waals surface area (Å²) in [5, 5.41) is 13.4. The zero-order chi connectivity index (χ0) is 19.5. The number of hydrogen-bond acceptors (Lipinski definition) is 5. The largest absolute Gasteiger partial charge is 0.506 e. The van der Waals surface area contributed by atoms with Crippen molar-refractivity contribution in [3.63, 3.8) is 0 Å². The minimum atomic E-state index is -4.97. The highest BCUT2D eigenvalue weighted by Gasteiger charge is 2.36. The Balaban J connectivity index is 2.34. The van der Waals surface area contributed by atoms with Crippen molar-refractivity contribution in [1.82, 2.24) is 4.98 Å². The second-order valence-corrected chi connectivity index (χ2v) is 6.55. The summed E-state index contributed by atoms with van der Waals surface area (Å²) in [4.78, 5) is 27.7. The minimum absolute atomic E-state index is 0.0553. The van der Waals surface area contributed by atoms with Gasteiger partial charge in [0.1, 0.15) is 11.6 Å². The number of anilines is 1. The van der Waals surface area contributed by atoms with Crippen LogP contribution in [-0.4, -0.2) is 28.0 Å². The summed E-state index contributed by atoms with van der Waals surface area (Å²) in [7, 11) is 0. The molecule has 138 valence electrons. The van der Waals surface area contributed by atoms with Gasteiger partial charge in [0.25, 0.3) is 11.7 Å². The third-order valence-electron chi connectivity index (χ3n) is 3.35. The Morgan fingerprint density at radius 1 is 1.31 bits per heavy atom. The van der Waals surface area contributed by atoms with Gasteiger partial charge in [-0.3, -0.25) is 9.59 Å². The van der Waals surface area contributed by atoms with Crippen molar-refractivity contribution in [2.75, 3.05) is 5.32 Å². The summed E-state index contributed by atoms with van der Waals surface area (Å²) < 4.78 is 37.1. The lowest BCUT2D eigenvalue weighted by Gasteiger charge is -2.09. The molecule has 0 aliphatic heterocycles. The highest BCUT2D eigenvalue weighted by molar-refractivity contribution is 7.11. The second-order valence-electron chi connectivity index (χ2n) is 5.64. The van der Waals surface area contributed by atoms with Gasteiger partial charge in [-0.15, -0.1) is 11.3 Å². The maximum atomic E-state index is 12.6. The van der Waals surface area contributed by atoms with E-state index < -0.39 is 17.9 Å². The highest BCUT2D eigenvalue weighted by Crippen LogP contribution is 2.31. The van der Waals surface area contributed by atoms with Crippen LogP contribution in [0.3, 0.4) is 0 Å². The van der Waals surface area contributed by atoms with Gasteiger partial charge >= 0.3 is 6.18 Å². The maximum Gasteiger partial charge on any atom is 0.454 e. The van der Waals surface area contributed by atoms with Gasteiger partial charge in [0.15, 0.2) is 0 Å². The molecule has 2 heterocycles. The molecule has 0 saturated carbocycles. The number of thiophene rings is 1. The van der Waals surface area contributed by atoms with Gasteiger partial charge in [-0.1, -0.05) is 13.8 Å². The number of halogens is 3. The van der Waals surface area contributed by atoms with Crippen molar-refractivity contribution >= 4 is 34.9 Å². The first-order chi connectivity index (χ1) is 12.1. The predicted octanol–water partition coefficient (Wildman–Crippen LogP) is 4.37. The monoisotopic (exact) mass is 384 g/mol. The lowest BCUT2D eigenvalue weighted by atomic mass is 9.99. The van der Waals surface area contributed by atoms with Crippen LogP contribution in [0.4, 0.5) is 19.0 Å². The standard InChI is InChI=1S/C17H15F3N2O3S/c1-9(2)11-8-26-12(4-5-13(24)17(18,19)20)15(11)16(25)22-14-6-3-10(23)7-21-14/h3-9,23H,1-2H3,(H,21,22,25)/b5-4+. The average Bonchev–Trinajstić information content (AvgIpc) is 2.98. The summed E-state index contributed by atoms with van der Waals surface area (Å²) in [5.41, 5.74) is 0.830. The number of nitrogens with zero attached hydrogens (tertiary/aromatic N) is 1. The Bertz CT molecular complexity index is 840. The van der Waals surface area contributed by atoms with E-state index in [1.807, 2.05) is 13.8 Å². The molecule has 0 spiro atoms. The smallest absolute Gasteiger partial charge is 0.454 e. The molecule has 26 heavy (non-hydrogen) atoms. The number of aromatic hydroxyl groups is 1. The van der Waals surface area contributed by atoms with Crippen LogP contribution in [0.5, 0.6) is 5.75 Å². The third kappa shape index (κ3) is 4.69. The SMILES string of the molecule is CC(C)c1csc(/C=C/C(=O)C(F)(F)F)c1C(=O)Nc1ccc(O)cn1. The van der Waals surface area contributed by atoms with Crippen LogP contribution in [0.15, 0.2) is 29.8 Å². The molecule has 0 aromatic carbocycles. The van der Waals surface area contributed by atoms with Crippen molar-refractivity contribution in [1.29, 1.82) is 0 Å². The Morgan fingerprint density at radius 3 is 2.54 bits per heavy atom. The molecule has 0 unspecified atom stereocenters. The molecule has 2 N–H and O–H groups in total. The predicted molar refractivity (Wildman–Crippen MR) is 92.4 cm³/mol. The molecule has 1 amide bonds. The van der Waals surface area contributed by atoms with Crippen molar-refractivity contribution in [2.24, 2.45) is 0 Å². The molecule has 9 heteroatoms.